The Balaban J connectivity index is 3.38. The third-order valence-electron chi connectivity index (χ3n) is 15.8. The Bertz CT molecular complexity index is 1290. The molecular formula is C71H133NO5. The summed E-state index contributed by atoms with van der Waals surface area (Å²) in [5.41, 5.74) is 0. The number of nitrogens with one attached hydrogen (secondary N) is 1. The van der Waals surface area contributed by atoms with Gasteiger partial charge in [0, 0.05) is 12.8 Å². The second-order valence-corrected chi connectivity index (χ2v) is 23.5. The molecule has 0 rings (SSSR count). The van der Waals surface area contributed by atoms with Crippen LogP contribution in [-0.2, 0) is 14.3 Å². The molecule has 2 atom stereocenters. The normalized spacial score (nSPS) is 12.8. The van der Waals surface area contributed by atoms with Gasteiger partial charge in [0.1, 0.15) is 0 Å². The summed E-state index contributed by atoms with van der Waals surface area (Å²) in [7, 11) is 0. The lowest BCUT2D eigenvalue weighted by molar-refractivity contribution is -0.143. The second-order valence-electron chi connectivity index (χ2n) is 23.5. The van der Waals surface area contributed by atoms with Crippen molar-refractivity contribution in [2.45, 2.75) is 379 Å². The van der Waals surface area contributed by atoms with Crippen LogP contribution in [0.3, 0.4) is 0 Å². The van der Waals surface area contributed by atoms with Crippen molar-refractivity contribution in [3.05, 3.63) is 48.6 Å². The second kappa shape index (κ2) is 66.3. The van der Waals surface area contributed by atoms with Crippen LogP contribution in [0.25, 0.3) is 0 Å². The highest BCUT2D eigenvalue weighted by molar-refractivity contribution is 5.76. The van der Waals surface area contributed by atoms with Crippen molar-refractivity contribution in [1.29, 1.82) is 0 Å². The minimum atomic E-state index is -0.842. The number of allylic oxidation sites excluding steroid dienone is 7. The lowest BCUT2D eigenvalue weighted by Crippen LogP contribution is -2.45. The third kappa shape index (κ3) is 62.9. The van der Waals surface area contributed by atoms with E-state index in [2.05, 4.69) is 55.6 Å². The van der Waals surface area contributed by atoms with Gasteiger partial charge in [0.25, 0.3) is 0 Å². The van der Waals surface area contributed by atoms with Gasteiger partial charge >= 0.3 is 5.97 Å². The van der Waals surface area contributed by atoms with Gasteiger partial charge in [-0.2, -0.15) is 0 Å². The van der Waals surface area contributed by atoms with Gasteiger partial charge in [0.2, 0.25) is 5.91 Å². The Kier molecular flexibility index (Phi) is 64.5. The number of carbonyl (C=O) groups excluding carboxylic acids is 2. The minimum Gasteiger partial charge on any atom is -0.466 e. The first kappa shape index (κ1) is 74.8. The highest BCUT2D eigenvalue weighted by atomic mass is 16.5. The number of unbranched alkanes of at least 4 members (excludes halogenated alkanes) is 47. The first-order chi connectivity index (χ1) is 38.0. The molecule has 0 saturated heterocycles. The largest absolute Gasteiger partial charge is 0.466 e. The molecule has 0 aromatic carbocycles. The Hall–Kier alpha value is -2.18. The molecule has 0 radical (unpaired) electrons. The van der Waals surface area contributed by atoms with E-state index < -0.39 is 12.1 Å². The number of aliphatic hydroxyl groups is 2. The van der Waals surface area contributed by atoms with Crippen LogP contribution in [-0.4, -0.2) is 47.4 Å². The maximum absolute atomic E-state index is 12.5. The van der Waals surface area contributed by atoms with Crippen LogP contribution in [0.15, 0.2) is 48.6 Å². The number of hydrogen-bond acceptors (Lipinski definition) is 5. The van der Waals surface area contributed by atoms with E-state index in [9.17, 15) is 19.8 Å². The van der Waals surface area contributed by atoms with E-state index in [0.717, 1.165) is 51.4 Å². The molecule has 3 N–H and O–H groups in total. The summed E-state index contributed by atoms with van der Waals surface area (Å²) in [6, 6.07) is -0.626. The molecule has 6 nitrogen and oxygen atoms in total. The molecule has 0 saturated carbocycles. The van der Waals surface area contributed by atoms with Gasteiger partial charge in [0.15, 0.2) is 0 Å². The predicted octanol–water partition coefficient (Wildman–Crippen LogP) is 22.1. The molecule has 2 unspecified atom stereocenters. The highest BCUT2D eigenvalue weighted by Gasteiger charge is 2.18. The molecule has 0 heterocycles. The van der Waals surface area contributed by atoms with Gasteiger partial charge in [-0.3, -0.25) is 9.59 Å². The zero-order valence-electron chi connectivity index (χ0n) is 51.7. The van der Waals surface area contributed by atoms with E-state index >= 15 is 0 Å². The van der Waals surface area contributed by atoms with Gasteiger partial charge in [-0.15, -0.1) is 0 Å². The summed E-state index contributed by atoms with van der Waals surface area (Å²) >= 11 is 0. The van der Waals surface area contributed by atoms with Gasteiger partial charge in [-0.25, -0.2) is 0 Å². The maximum Gasteiger partial charge on any atom is 0.305 e. The molecule has 0 bridgehead atoms. The highest BCUT2D eigenvalue weighted by Crippen LogP contribution is 2.18. The minimum absolute atomic E-state index is 0.00627. The fourth-order valence-electron chi connectivity index (χ4n) is 10.5. The average molecular weight is 1080 g/mol. The predicted molar refractivity (Wildman–Crippen MR) is 338 cm³/mol. The zero-order chi connectivity index (χ0) is 55.7. The van der Waals surface area contributed by atoms with E-state index in [1.165, 1.54) is 289 Å². The quantitative estimate of drug-likeness (QED) is 0.0320. The Labute approximate surface area is 480 Å². The van der Waals surface area contributed by atoms with Crippen molar-refractivity contribution in [2.24, 2.45) is 0 Å². The standard InChI is InChI=1S/C71H133NO5/c1-3-5-7-9-11-13-15-40-43-47-51-55-59-63-69(74)68(67-73)72-70(75)64-60-56-52-48-44-41-38-36-34-32-30-28-26-24-22-20-18-17-19-21-23-25-27-29-31-33-35-37-39-42-46-50-54-58-62-66-77-71(76)65-61-57-53-49-45-16-14-12-10-8-6-4-2/h12,14,19,21,25,27,59,63,68-69,73-74H,3-11,13,15-18,20,22-24,26,28-58,60-62,64-67H2,1-2H3,(H,72,75)/b14-12-,21-19-,27-25-,63-59+. The van der Waals surface area contributed by atoms with E-state index in [4.69, 9.17) is 4.74 Å². The van der Waals surface area contributed by atoms with Crippen molar-refractivity contribution < 1.29 is 24.5 Å². The third-order valence-corrected chi connectivity index (χ3v) is 15.8. The summed E-state index contributed by atoms with van der Waals surface area (Å²) < 4.78 is 5.47. The van der Waals surface area contributed by atoms with Gasteiger partial charge in [-0.05, 0) is 89.9 Å². The number of carbonyl (C=O) groups is 2. The van der Waals surface area contributed by atoms with Crippen molar-refractivity contribution >= 4 is 11.9 Å². The molecule has 6 heteroatoms. The molecule has 0 aromatic rings. The van der Waals surface area contributed by atoms with Crippen LogP contribution >= 0.6 is 0 Å². The lowest BCUT2D eigenvalue weighted by Gasteiger charge is -2.20. The topological polar surface area (TPSA) is 95.9 Å². The summed E-state index contributed by atoms with van der Waals surface area (Å²) in [5, 5.41) is 23.1. The molecule has 0 aromatic heterocycles. The molecule has 0 aliphatic heterocycles. The smallest absolute Gasteiger partial charge is 0.305 e. The zero-order valence-corrected chi connectivity index (χ0v) is 51.7. The van der Waals surface area contributed by atoms with Crippen LogP contribution in [0.2, 0.25) is 0 Å². The number of hydrogen-bond donors (Lipinski definition) is 3. The van der Waals surface area contributed by atoms with Crippen LogP contribution in [0.5, 0.6) is 0 Å². The Morgan fingerprint density at radius 2 is 0.649 bits per heavy atom. The van der Waals surface area contributed by atoms with Gasteiger partial charge in [0.05, 0.1) is 25.4 Å². The van der Waals surface area contributed by atoms with Crippen molar-refractivity contribution in [3.8, 4) is 0 Å². The maximum atomic E-state index is 12.5. The molecule has 0 aliphatic carbocycles. The molecule has 77 heavy (non-hydrogen) atoms. The van der Waals surface area contributed by atoms with Crippen LogP contribution in [0.4, 0.5) is 0 Å². The van der Waals surface area contributed by atoms with E-state index in [0.29, 0.717) is 19.4 Å². The fraction of sp³-hybridized carbons (Fsp3) is 0.859. The van der Waals surface area contributed by atoms with Crippen molar-refractivity contribution in [2.75, 3.05) is 13.2 Å². The summed E-state index contributed by atoms with van der Waals surface area (Å²) in [4.78, 5) is 24.5. The van der Waals surface area contributed by atoms with E-state index in [1.807, 2.05) is 6.08 Å². The first-order valence-electron chi connectivity index (χ1n) is 34.4. The van der Waals surface area contributed by atoms with Crippen molar-refractivity contribution in [3.63, 3.8) is 0 Å². The van der Waals surface area contributed by atoms with Crippen LogP contribution < -0.4 is 5.32 Å². The number of esters is 1. The Morgan fingerprint density at radius 1 is 0.364 bits per heavy atom. The molecule has 452 valence electrons. The lowest BCUT2D eigenvalue weighted by atomic mass is 10.0. The number of amides is 1. The average Bonchev–Trinajstić information content (AvgIpc) is 3.43. The van der Waals surface area contributed by atoms with Gasteiger partial charge in [-0.1, -0.05) is 313 Å². The number of rotatable bonds is 64. The molecule has 0 fully saturated rings. The summed E-state index contributed by atoms with van der Waals surface area (Å²) in [5.74, 6) is -0.0586. The first-order valence-corrected chi connectivity index (χ1v) is 34.4. The molecule has 1 amide bonds. The number of aliphatic hydroxyl groups excluding tert-OH is 2. The SMILES string of the molecule is CCCCC/C=C\CCCCCCCC(=O)OCCCCCCCCCCCCC/C=C\C/C=C\CCCCCCCCCCCCCCCCCCCC(=O)NC(CO)C(O)/C=C/CCCCCCCCCCCCC. The van der Waals surface area contributed by atoms with Crippen molar-refractivity contribution in [1.82, 2.24) is 5.32 Å². The van der Waals surface area contributed by atoms with E-state index in [-0.39, 0.29) is 18.5 Å². The van der Waals surface area contributed by atoms with Gasteiger partial charge < -0.3 is 20.3 Å². The summed E-state index contributed by atoms with van der Waals surface area (Å²) in [6.07, 6.45) is 86.2. The molecule has 0 spiro atoms. The van der Waals surface area contributed by atoms with E-state index in [1.54, 1.807) is 6.08 Å². The Morgan fingerprint density at radius 3 is 1.03 bits per heavy atom. The molecule has 0 aliphatic rings. The number of ether oxygens (including phenoxy) is 1. The summed E-state index contributed by atoms with van der Waals surface area (Å²) in [6.45, 7) is 4.89. The van der Waals surface area contributed by atoms with Crippen LogP contribution in [0.1, 0.15) is 367 Å². The molecular weight excluding hydrogens is 947 g/mol. The fourth-order valence-corrected chi connectivity index (χ4v) is 10.5. The van der Waals surface area contributed by atoms with Crippen LogP contribution in [0, 0.1) is 0 Å². The monoisotopic (exact) mass is 1080 g/mol.